The number of ether oxygens (including phenoxy) is 1. The average Bonchev–Trinajstić information content (AvgIpc) is 2.66. The second-order valence-electron chi connectivity index (χ2n) is 7.42. The second kappa shape index (κ2) is 11.6. The largest absolute Gasteiger partial charge is 0.378 e. The van der Waals surface area contributed by atoms with Crippen molar-refractivity contribution in [3.05, 3.63) is 35.4 Å². The van der Waals surface area contributed by atoms with Crippen LogP contribution in [0.3, 0.4) is 0 Å². The van der Waals surface area contributed by atoms with E-state index in [9.17, 15) is 9.59 Å². The Labute approximate surface area is 162 Å². The Morgan fingerprint density at radius 1 is 1.07 bits per heavy atom. The van der Waals surface area contributed by atoms with Crippen LogP contribution in [0, 0.1) is 0 Å². The number of benzene rings is 1. The van der Waals surface area contributed by atoms with Gasteiger partial charge >= 0.3 is 6.03 Å². The second-order valence-corrected chi connectivity index (χ2v) is 7.42. The van der Waals surface area contributed by atoms with Gasteiger partial charge in [0, 0.05) is 31.3 Å². The van der Waals surface area contributed by atoms with Gasteiger partial charge in [0.1, 0.15) is 0 Å². The molecule has 0 spiro atoms. The predicted octanol–water partition coefficient (Wildman–Crippen LogP) is 3.36. The van der Waals surface area contributed by atoms with Crippen LogP contribution in [-0.2, 0) is 11.3 Å². The predicted molar refractivity (Wildman–Crippen MR) is 107 cm³/mol. The van der Waals surface area contributed by atoms with E-state index in [-0.39, 0.29) is 18.0 Å². The maximum atomic E-state index is 12.2. The van der Waals surface area contributed by atoms with E-state index in [1.54, 1.807) is 12.1 Å². The molecule has 6 heteroatoms. The number of hydrogen-bond donors (Lipinski definition) is 3. The van der Waals surface area contributed by atoms with E-state index >= 15 is 0 Å². The lowest BCUT2D eigenvalue weighted by molar-refractivity contribution is 0.0273. The van der Waals surface area contributed by atoms with E-state index in [0.717, 1.165) is 12.0 Å². The van der Waals surface area contributed by atoms with Crippen molar-refractivity contribution in [2.24, 2.45) is 0 Å². The molecule has 1 fully saturated rings. The molecule has 0 aliphatic heterocycles. The molecule has 1 aromatic rings. The summed E-state index contributed by atoms with van der Waals surface area (Å²) < 4.78 is 5.87. The van der Waals surface area contributed by atoms with E-state index in [1.807, 2.05) is 26.0 Å². The van der Waals surface area contributed by atoms with Gasteiger partial charge in [-0.3, -0.25) is 4.79 Å². The summed E-state index contributed by atoms with van der Waals surface area (Å²) in [7, 11) is 0. The summed E-state index contributed by atoms with van der Waals surface area (Å²) in [5, 5.41) is 8.49. The van der Waals surface area contributed by atoms with Gasteiger partial charge in [0.25, 0.3) is 5.91 Å². The van der Waals surface area contributed by atoms with Gasteiger partial charge < -0.3 is 20.7 Å². The third-order valence-corrected chi connectivity index (χ3v) is 4.60. The third-order valence-electron chi connectivity index (χ3n) is 4.60. The number of carbonyl (C=O) groups excluding carboxylic acids is 2. The van der Waals surface area contributed by atoms with Crippen LogP contribution in [0.25, 0.3) is 0 Å². The lowest BCUT2D eigenvalue weighted by Crippen LogP contribution is -2.39. The van der Waals surface area contributed by atoms with Crippen molar-refractivity contribution in [2.75, 3.05) is 13.2 Å². The molecule has 1 aliphatic carbocycles. The molecule has 1 aliphatic rings. The number of nitrogens with one attached hydrogen (secondary N) is 3. The van der Waals surface area contributed by atoms with Crippen molar-refractivity contribution in [3.63, 3.8) is 0 Å². The molecule has 1 saturated carbocycles. The third kappa shape index (κ3) is 8.43. The Hall–Kier alpha value is -2.08. The number of urea groups is 1. The van der Waals surface area contributed by atoms with Crippen LogP contribution in [0.15, 0.2) is 24.3 Å². The van der Waals surface area contributed by atoms with Gasteiger partial charge in [0.2, 0.25) is 0 Å². The van der Waals surface area contributed by atoms with Gasteiger partial charge in [-0.2, -0.15) is 0 Å². The topological polar surface area (TPSA) is 79.5 Å². The molecule has 0 atom stereocenters. The summed E-state index contributed by atoms with van der Waals surface area (Å²) in [5.41, 5.74) is 1.57. The molecule has 2 rings (SSSR count). The summed E-state index contributed by atoms with van der Waals surface area (Å²) in [6.07, 6.45) is 7.47. The zero-order valence-electron chi connectivity index (χ0n) is 16.6. The van der Waals surface area contributed by atoms with Crippen molar-refractivity contribution in [3.8, 4) is 0 Å². The molecule has 0 aromatic heterocycles. The van der Waals surface area contributed by atoms with Crippen LogP contribution in [0.4, 0.5) is 4.79 Å². The van der Waals surface area contributed by atoms with E-state index in [1.165, 1.54) is 32.1 Å². The van der Waals surface area contributed by atoms with Crippen LogP contribution in [-0.4, -0.2) is 37.2 Å². The van der Waals surface area contributed by atoms with Crippen molar-refractivity contribution in [1.29, 1.82) is 0 Å². The Morgan fingerprint density at radius 3 is 2.44 bits per heavy atom. The van der Waals surface area contributed by atoms with Gasteiger partial charge in [-0.1, -0.05) is 31.4 Å². The van der Waals surface area contributed by atoms with Gasteiger partial charge in [-0.05, 0) is 50.8 Å². The molecule has 1 aromatic carbocycles. The smallest absolute Gasteiger partial charge is 0.315 e. The fraction of sp³-hybridized carbons (Fsp3) is 0.619. The molecule has 0 bridgehead atoms. The molecule has 0 heterocycles. The number of rotatable bonds is 9. The van der Waals surface area contributed by atoms with Crippen molar-refractivity contribution in [2.45, 2.75) is 71.1 Å². The van der Waals surface area contributed by atoms with Crippen LogP contribution >= 0.6 is 0 Å². The first-order chi connectivity index (χ1) is 13.0. The number of carbonyl (C=O) groups is 2. The Morgan fingerprint density at radius 2 is 1.78 bits per heavy atom. The highest BCUT2D eigenvalue weighted by molar-refractivity contribution is 5.94. The molecule has 150 valence electrons. The summed E-state index contributed by atoms with van der Waals surface area (Å²) in [6, 6.07) is 7.19. The van der Waals surface area contributed by atoms with Crippen molar-refractivity contribution < 1.29 is 14.3 Å². The maximum Gasteiger partial charge on any atom is 0.315 e. The summed E-state index contributed by atoms with van der Waals surface area (Å²) >= 11 is 0. The maximum absolute atomic E-state index is 12.2. The fourth-order valence-electron chi connectivity index (χ4n) is 3.13. The van der Waals surface area contributed by atoms with Crippen molar-refractivity contribution in [1.82, 2.24) is 16.0 Å². The fourth-order valence-corrected chi connectivity index (χ4v) is 3.13. The van der Waals surface area contributed by atoms with Gasteiger partial charge in [0.15, 0.2) is 0 Å². The summed E-state index contributed by atoms with van der Waals surface area (Å²) in [5.74, 6) is -0.0790. The van der Waals surface area contributed by atoms with Gasteiger partial charge in [-0.15, -0.1) is 0 Å². The van der Waals surface area contributed by atoms with E-state index in [0.29, 0.717) is 31.4 Å². The minimum atomic E-state index is -0.192. The first-order valence-electron chi connectivity index (χ1n) is 10.1. The molecule has 3 N–H and O–H groups in total. The number of hydrogen-bond acceptors (Lipinski definition) is 3. The Balaban J connectivity index is 1.62. The normalized spacial score (nSPS) is 14.8. The highest BCUT2D eigenvalue weighted by atomic mass is 16.5. The zero-order chi connectivity index (χ0) is 19.5. The van der Waals surface area contributed by atoms with Crippen LogP contribution in [0.1, 0.15) is 68.3 Å². The lowest BCUT2D eigenvalue weighted by Gasteiger charge is -2.21. The molecule has 3 amide bonds. The molecule has 6 nitrogen and oxygen atoms in total. The monoisotopic (exact) mass is 375 g/mol. The summed E-state index contributed by atoms with van der Waals surface area (Å²) in [4.78, 5) is 23.8. The molecule has 0 radical (unpaired) electrons. The Kier molecular flexibility index (Phi) is 9.11. The molecule has 0 unspecified atom stereocenters. The van der Waals surface area contributed by atoms with Crippen LogP contribution in [0.2, 0.25) is 0 Å². The minimum Gasteiger partial charge on any atom is -0.378 e. The summed E-state index contributed by atoms with van der Waals surface area (Å²) in [6.45, 7) is 5.57. The molecule has 0 saturated heterocycles. The van der Waals surface area contributed by atoms with Crippen molar-refractivity contribution >= 4 is 11.9 Å². The first-order valence-corrected chi connectivity index (χ1v) is 10.1. The van der Waals surface area contributed by atoms with E-state index in [4.69, 9.17) is 4.74 Å². The lowest BCUT2D eigenvalue weighted by atomic mass is 9.98. The van der Waals surface area contributed by atoms with Crippen LogP contribution in [0.5, 0.6) is 0 Å². The molecular weight excluding hydrogens is 342 g/mol. The molecular formula is C21H33N3O3. The van der Waals surface area contributed by atoms with Gasteiger partial charge in [-0.25, -0.2) is 4.79 Å². The first kappa shape index (κ1) is 21.2. The SMILES string of the molecule is CC(C)NC(=O)NCc1ccc(C(=O)NCCCOC2CCCCC2)cc1. The molecule has 27 heavy (non-hydrogen) atoms. The van der Waals surface area contributed by atoms with E-state index < -0.39 is 0 Å². The quantitative estimate of drug-likeness (QED) is 0.579. The minimum absolute atomic E-state index is 0.0790. The standard InChI is InChI=1S/C21H33N3O3/c1-16(2)24-21(26)23-15-17-9-11-18(12-10-17)20(25)22-13-6-14-27-19-7-4-3-5-8-19/h9-12,16,19H,3-8,13-15H2,1-2H3,(H,22,25)(H2,23,24,26). The average molecular weight is 376 g/mol. The number of amides is 3. The highest BCUT2D eigenvalue weighted by Gasteiger charge is 2.13. The highest BCUT2D eigenvalue weighted by Crippen LogP contribution is 2.20. The van der Waals surface area contributed by atoms with E-state index in [2.05, 4.69) is 16.0 Å². The van der Waals surface area contributed by atoms with Gasteiger partial charge in [0.05, 0.1) is 6.10 Å². The zero-order valence-corrected chi connectivity index (χ0v) is 16.6. The van der Waals surface area contributed by atoms with Crippen LogP contribution < -0.4 is 16.0 Å². The Bertz CT molecular complexity index is 581.